The van der Waals surface area contributed by atoms with E-state index in [2.05, 4.69) is 19.5 Å². The number of aliphatic hydroxyl groups excluding tert-OH is 1. The largest absolute Gasteiger partial charge is 0.790 e. The molecule has 2 N–H and O–H groups in total. The molecule has 12 heteroatoms. The van der Waals surface area contributed by atoms with Crippen LogP contribution < -0.4 is 21.0 Å². The van der Waals surface area contributed by atoms with Crippen molar-refractivity contribution >= 4 is 18.9 Å². The minimum Gasteiger partial charge on any atom is -0.790 e. The quantitative estimate of drug-likeness (QED) is 0.280. The summed E-state index contributed by atoms with van der Waals surface area (Å²) in [6.45, 7) is 3.42. The van der Waals surface area contributed by atoms with Crippen molar-refractivity contribution in [1.29, 1.82) is 0 Å². The van der Waals surface area contributed by atoms with E-state index in [-0.39, 0.29) is 37.5 Å². The van der Waals surface area contributed by atoms with E-state index in [1.54, 1.807) is 10.6 Å². The van der Waals surface area contributed by atoms with Crippen LogP contribution >= 0.6 is 7.82 Å². The Labute approximate surface area is 164 Å². The molecule has 1 atom stereocenters. The standard InChI is InChI=1S/C17H21N4O7P/c1-9-6-12-13(7-10(9)2)21(8-11(22)4-3-5-28-29(25,26)27)15-14(18-12)16(23)20-17(24)19-15/h6-7,11,22H,3-5,8H2,1-2H3,(H,20,23,24)(H2,25,26,27)/p-2. The third-order valence-electron chi connectivity index (χ3n) is 4.55. The molecule has 2 aliphatic rings. The number of nitrogens with zero attached hydrogens (tertiary/aromatic N) is 3. The lowest BCUT2D eigenvalue weighted by molar-refractivity contribution is -0.341. The maximum atomic E-state index is 12.2. The average Bonchev–Trinajstić information content (AvgIpc) is 2.60. The number of aryl methyl sites for hydroxylation is 2. The SMILES string of the molecule is Cc1cc2nc3c(=O)[nH]c(=O)nc-3n(CC(O)CCCOP(=O)([O-])[O-])c2cc1C. The number of phosphoric acid groups is 1. The van der Waals surface area contributed by atoms with Gasteiger partial charge in [0.05, 0.1) is 38.1 Å². The summed E-state index contributed by atoms with van der Waals surface area (Å²) in [7, 11) is -5.06. The molecule has 0 bridgehead atoms. The number of aromatic nitrogens is 4. The fourth-order valence-corrected chi connectivity index (χ4v) is 3.38. The zero-order valence-electron chi connectivity index (χ0n) is 15.7. The smallest absolute Gasteiger partial charge is 0.349 e. The minimum atomic E-state index is -5.06. The van der Waals surface area contributed by atoms with E-state index in [0.717, 1.165) is 11.1 Å². The van der Waals surface area contributed by atoms with E-state index in [4.69, 9.17) is 0 Å². The maximum Gasteiger partial charge on any atom is 0.349 e. The topological polar surface area (TPSA) is 173 Å². The molecule has 0 fully saturated rings. The number of benzene rings is 1. The maximum absolute atomic E-state index is 12.2. The lowest BCUT2D eigenvalue weighted by Crippen LogP contribution is -2.30. The zero-order chi connectivity index (χ0) is 21.3. The molecule has 1 unspecified atom stereocenters. The Kier molecular flexibility index (Phi) is 5.97. The number of H-pyrrole nitrogens is 1. The number of aromatic amines is 1. The molecule has 29 heavy (non-hydrogen) atoms. The zero-order valence-corrected chi connectivity index (χ0v) is 16.6. The van der Waals surface area contributed by atoms with Gasteiger partial charge in [-0.3, -0.25) is 9.78 Å². The number of phosphoric ester groups is 1. The number of nitrogens with one attached hydrogen (secondary N) is 1. The van der Waals surface area contributed by atoms with Gasteiger partial charge in [-0.15, -0.1) is 0 Å². The van der Waals surface area contributed by atoms with Gasteiger partial charge in [-0.1, -0.05) is 0 Å². The van der Waals surface area contributed by atoms with Crippen LogP contribution in [0.3, 0.4) is 0 Å². The lowest BCUT2D eigenvalue weighted by atomic mass is 10.1. The van der Waals surface area contributed by atoms with Crippen molar-refractivity contribution in [3.63, 3.8) is 0 Å². The summed E-state index contributed by atoms with van der Waals surface area (Å²) in [6.07, 6.45) is -0.736. The van der Waals surface area contributed by atoms with Crippen LogP contribution in [0.2, 0.25) is 0 Å². The van der Waals surface area contributed by atoms with Gasteiger partial charge in [-0.25, -0.2) is 9.78 Å². The highest BCUT2D eigenvalue weighted by molar-refractivity contribution is 7.43. The molecular formula is C17H19N4O7P-2. The van der Waals surface area contributed by atoms with Crippen molar-refractivity contribution in [2.45, 2.75) is 39.3 Å². The summed E-state index contributed by atoms with van der Waals surface area (Å²) in [5.74, 6) is 0.0356. The van der Waals surface area contributed by atoms with Crippen molar-refractivity contribution in [1.82, 2.24) is 19.5 Å². The van der Waals surface area contributed by atoms with Crippen LogP contribution in [-0.2, 0) is 15.6 Å². The van der Waals surface area contributed by atoms with E-state index in [1.165, 1.54) is 0 Å². The molecule has 0 spiro atoms. The molecule has 0 amide bonds. The van der Waals surface area contributed by atoms with Gasteiger partial charge in [0.1, 0.15) is 0 Å². The summed E-state index contributed by atoms with van der Waals surface area (Å²) >= 11 is 0. The molecule has 3 rings (SSSR count). The highest BCUT2D eigenvalue weighted by Gasteiger charge is 2.20. The van der Waals surface area contributed by atoms with Gasteiger partial charge in [-0.2, -0.15) is 4.98 Å². The van der Waals surface area contributed by atoms with E-state index >= 15 is 0 Å². The number of hydrogen-bond acceptors (Lipinski definition) is 9. The highest BCUT2D eigenvalue weighted by Crippen LogP contribution is 2.26. The minimum absolute atomic E-state index is 0.0275. The molecule has 11 nitrogen and oxygen atoms in total. The van der Waals surface area contributed by atoms with Gasteiger partial charge >= 0.3 is 5.69 Å². The van der Waals surface area contributed by atoms with Crippen LogP contribution in [0, 0.1) is 13.8 Å². The molecular weight excluding hydrogens is 403 g/mol. The van der Waals surface area contributed by atoms with Gasteiger partial charge in [0.15, 0.2) is 11.5 Å². The van der Waals surface area contributed by atoms with Crippen LogP contribution in [0.1, 0.15) is 24.0 Å². The fraction of sp³-hybridized carbons (Fsp3) is 0.412. The predicted molar refractivity (Wildman–Crippen MR) is 99.3 cm³/mol. The Morgan fingerprint density at radius 2 is 1.93 bits per heavy atom. The summed E-state index contributed by atoms with van der Waals surface area (Å²) < 4.78 is 16.2. The highest BCUT2D eigenvalue weighted by atomic mass is 31.2. The summed E-state index contributed by atoms with van der Waals surface area (Å²) in [4.78, 5) is 55.2. The van der Waals surface area contributed by atoms with E-state index in [9.17, 15) is 29.0 Å². The molecule has 156 valence electrons. The van der Waals surface area contributed by atoms with Crippen LogP contribution in [0.4, 0.5) is 0 Å². The number of hydrogen-bond donors (Lipinski definition) is 2. The van der Waals surface area contributed by atoms with Gasteiger partial charge in [0, 0.05) is 0 Å². The monoisotopic (exact) mass is 422 g/mol. The second-order valence-electron chi connectivity index (χ2n) is 6.77. The molecule has 0 radical (unpaired) electrons. The molecule has 2 aliphatic heterocycles. The first kappa shape index (κ1) is 21.3. The van der Waals surface area contributed by atoms with Gasteiger partial charge in [0.2, 0.25) is 0 Å². The second-order valence-corrected chi connectivity index (χ2v) is 7.92. The second kappa shape index (κ2) is 8.13. The fourth-order valence-electron chi connectivity index (χ4n) is 3.03. The van der Waals surface area contributed by atoms with E-state index in [1.807, 2.05) is 19.9 Å². The van der Waals surface area contributed by atoms with Crippen molar-refractivity contribution in [3.05, 3.63) is 44.1 Å². The normalized spacial score (nSPS) is 13.3. The summed E-state index contributed by atoms with van der Waals surface area (Å²) in [5, 5.41) is 10.4. The number of aliphatic hydroxyl groups is 1. The average molecular weight is 422 g/mol. The van der Waals surface area contributed by atoms with Crippen LogP contribution in [-0.4, -0.2) is 37.3 Å². The molecule has 1 aromatic carbocycles. The molecule has 0 aliphatic carbocycles. The predicted octanol–water partition coefficient (Wildman–Crippen LogP) is -0.812. The van der Waals surface area contributed by atoms with Crippen LogP contribution in [0.15, 0.2) is 21.7 Å². The van der Waals surface area contributed by atoms with Gasteiger partial charge in [0.25, 0.3) is 5.56 Å². The third-order valence-corrected chi connectivity index (χ3v) is 5.05. The Balaban J connectivity index is 1.99. The Hall–Kier alpha value is -2.43. The summed E-state index contributed by atoms with van der Waals surface area (Å²) in [6, 6.07) is 3.62. The van der Waals surface area contributed by atoms with Gasteiger partial charge in [-0.05, 0) is 49.9 Å². The first-order valence-corrected chi connectivity index (χ1v) is 10.3. The Morgan fingerprint density at radius 1 is 1.24 bits per heavy atom. The molecule has 0 saturated heterocycles. The van der Waals surface area contributed by atoms with Crippen molar-refractivity contribution in [3.8, 4) is 11.5 Å². The molecule has 0 aromatic heterocycles. The molecule has 2 heterocycles. The summed E-state index contributed by atoms with van der Waals surface area (Å²) in [5.41, 5.74) is 1.44. The van der Waals surface area contributed by atoms with Gasteiger partial charge < -0.3 is 28.5 Å². The van der Waals surface area contributed by atoms with E-state index in [0.29, 0.717) is 11.0 Å². The Bertz CT molecular complexity index is 1180. The lowest BCUT2D eigenvalue weighted by Gasteiger charge is -2.28. The van der Waals surface area contributed by atoms with Crippen molar-refractivity contribution in [2.24, 2.45) is 0 Å². The Morgan fingerprint density at radius 3 is 2.62 bits per heavy atom. The first-order chi connectivity index (χ1) is 13.5. The van der Waals surface area contributed by atoms with Crippen LogP contribution in [0.25, 0.3) is 22.6 Å². The number of fused-ring (bicyclic) bond motifs is 2. The van der Waals surface area contributed by atoms with Crippen molar-refractivity contribution < 1.29 is 24.0 Å². The first-order valence-electron chi connectivity index (χ1n) is 8.81. The van der Waals surface area contributed by atoms with E-state index < -0.39 is 25.2 Å². The number of rotatable bonds is 7. The third kappa shape index (κ3) is 4.95. The molecule has 0 saturated carbocycles. The molecule has 1 aromatic rings. The van der Waals surface area contributed by atoms with Crippen LogP contribution in [0.5, 0.6) is 0 Å². The van der Waals surface area contributed by atoms with Crippen molar-refractivity contribution in [2.75, 3.05) is 6.61 Å².